The number of esters is 1. The van der Waals surface area contributed by atoms with Crippen molar-refractivity contribution in [3.63, 3.8) is 0 Å². The SMILES string of the molecule is C=CCOC(=O)CC(=O)/C(C)=N\O. The van der Waals surface area contributed by atoms with E-state index in [9.17, 15) is 9.59 Å². The van der Waals surface area contributed by atoms with Gasteiger partial charge in [0.05, 0.1) is 0 Å². The molecule has 0 aromatic heterocycles. The van der Waals surface area contributed by atoms with Gasteiger partial charge in [0.1, 0.15) is 18.7 Å². The fourth-order valence-electron chi connectivity index (χ4n) is 0.518. The number of Topliss-reactive ketones (excluding diaryl/α,β-unsaturated/α-hetero) is 1. The maximum absolute atomic E-state index is 10.9. The van der Waals surface area contributed by atoms with Gasteiger partial charge in [-0.1, -0.05) is 17.8 Å². The van der Waals surface area contributed by atoms with E-state index in [-0.39, 0.29) is 12.3 Å². The fraction of sp³-hybridized carbons (Fsp3) is 0.375. The molecular formula is C8H11NO4. The van der Waals surface area contributed by atoms with Crippen molar-refractivity contribution < 1.29 is 19.5 Å². The molecule has 0 fully saturated rings. The van der Waals surface area contributed by atoms with E-state index in [1.807, 2.05) is 0 Å². The first-order valence-electron chi connectivity index (χ1n) is 3.60. The van der Waals surface area contributed by atoms with Crippen LogP contribution >= 0.6 is 0 Å². The molecule has 0 radical (unpaired) electrons. The van der Waals surface area contributed by atoms with Crippen LogP contribution in [-0.2, 0) is 14.3 Å². The molecule has 0 aliphatic heterocycles. The van der Waals surface area contributed by atoms with E-state index in [1.54, 1.807) is 0 Å². The molecule has 0 atom stereocenters. The van der Waals surface area contributed by atoms with Gasteiger partial charge in [-0.05, 0) is 6.92 Å². The van der Waals surface area contributed by atoms with Crippen molar-refractivity contribution in [3.8, 4) is 0 Å². The smallest absolute Gasteiger partial charge is 0.314 e. The van der Waals surface area contributed by atoms with Crippen molar-refractivity contribution in [2.45, 2.75) is 13.3 Å². The molecular weight excluding hydrogens is 174 g/mol. The third-order valence-electron chi connectivity index (χ3n) is 1.22. The van der Waals surface area contributed by atoms with Gasteiger partial charge in [0.15, 0.2) is 5.78 Å². The maximum Gasteiger partial charge on any atom is 0.314 e. The Morgan fingerprint density at radius 3 is 2.69 bits per heavy atom. The minimum Gasteiger partial charge on any atom is -0.461 e. The average Bonchev–Trinajstić information content (AvgIpc) is 2.13. The normalized spacial score (nSPS) is 10.7. The third kappa shape index (κ3) is 4.73. The summed E-state index contributed by atoms with van der Waals surface area (Å²) < 4.78 is 4.54. The topological polar surface area (TPSA) is 76.0 Å². The maximum atomic E-state index is 10.9. The Hall–Kier alpha value is -1.65. The highest BCUT2D eigenvalue weighted by atomic mass is 16.5. The number of hydrogen-bond donors (Lipinski definition) is 1. The number of ketones is 1. The summed E-state index contributed by atoms with van der Waals surface area (Å²) in [5.74, 6) is -1.22. The van der Waals surface area contributed by atoms with Crippen LogP contribution in [0.1, 0.15) is 13.3 Å². The molecule has 0 saturated heterocycles. The van der Waals surface area contributed by atoms with Gasteiger partial charge in [0, 0.05) is 0 Å². The molecule has 0 aliphatic rings. The lowest BCUT2D eigenvalue weighted by atomic mass is 10.2. The first-order valence-corrected chi connectivity index (χ1v) is 3.60. The Morgan fingerprint density at radius 1 is 1.62 bits per heavy atom. The second kappa shape index (κ2) is 5.93. The summed E-state index contributed by atoms with van der Waals surface area (Å²) in [6.07, 6.45) is 0.985. The number of carbonyl (C=O) groups is 2. The van der Waals surface area contributed by atoms with Crippen LogP contribution in [0.4, 0.5) is 0 Å². The Labute approximate surface area is 75.7 Å². The van der Waals surface area contributed by atoms with Crippen LogP contribution in [0.5, 0.6) is 0 Å². The Bertz CT molecular complexity index is 245. The van der Waals surface area contributed by atoms with Crippen LogP contribution in [0.25, 0.3) is 0 Å². The second-order valence-electron chi connectivity index (χ2n) is 2.26. The van der Waals surface area contributed by atoms with Gasteiger partial charge < -0.3 is 9.94 Å². The zero-order chi connectivity index (χ0) is 10.3. The first-order chi connectivity index (χ1) is 6.11. The van der Waals surface area contributed by atoms with Crippen molar-refractivity contribution in [1.82, 2.24) is 0 Å². The zero-order valence-electron chi connectivity index (χ0n) is 7.32. The number of hydrogen-bond acceptors (Lipinski definition) is 5. The standard InChI is InChI=1S/C8H11NO4/c1-3-4-13-8(11)5-7(10)6(2)9-12/h3,12H,1,4-5H2,2H3/b9-6-. The Morgan fingerprint density at radius 2 is 2.23 bits per heavy atom. The van der Waals surface area contributed by atoms with Crippen LogP contribution in [-0.4, -0.2) is 29.3 Å². The predicted molar refractivity (Wildman–Crippen MR) is 45.7 cm³/mol. The Kier molecular flexibility index (Phi) is 5.18. The van der Waals surface area contributed by atoms with E-state index < -0.39 is 18.2 Å². The summed E-state index contributed by atoms with van der Waals surface area (Å²) in [5, 5.41) is 10.9. The van der Waals surface area contributed by atoms with Crippen LogP contribution in [0.15, 0.2) is 17.8 Å². The summed E-state index contributed by atoms with van der Waals surface area (Å²) in [5.41, 5.74) is -0.115. The summed E-state index contributed by atoms with van der Waals surface area (Å²) in [7, 11) is 0. The first kappa shape index (κ1) is 11.4. The van der Waals surface area contributed by atoms with Gasteiger partial charge in [0.25, 0.3) is 0 Å². The summed E-state index contributed by atoms with van der Waals surface area (Å²) in [4.78, 5) is 21.7. The molecule has 0 spiro atoms. The number of oxime groups is 1. The lowest BCUT2D eigenvalue weighted by Gasteiger charge is -1.99. The van der Waals surface area contributed by atoms with Crippen molar-refractivity contribution in [2.24, 2.45) is 5.16 Å². The summed E-state index contributed by atoms with van der Waals surface area (Å²) >= 11 is 0. The van der Waals surface area contributed by atoms with Gasteiger partial charge >= 0.3 is 5.97 Å². The van der Waals surface area contributed by atoms with E-state index in [1.165, 1.54) is 13.0 Å². The van der Waals surface area contributed by atoms with Crippen molar-refractivity contribution in [3.05, 3.63) is 12.7 Å². The third-order valence-corrected chi connectivity index (χ3v) is 1.22. The van der Waals surface area contributed by atoms with Gasteiger partial charge in [-0.3, -0.25) is 9.59 Å². The van der Waals surface area contributed by atoms with Crippen LogP contribution in [0.3, 0.4) is 0 Å². The molecule has 0 bridgehead atoms. The summed E-state index contributed by atoms with van der Waals surface area (Å²) in [6, 6.07) is 0. The van der Waals surface area contributed by atoms with Crippen LogP contribution < -0.4 is 0 Å². The van der Waals surface area contributed by atoms with E-state index in [0.29, 0.717) is 0 Å². The molecule has 13 heavy (non-hydrogen) atoms. The number of carbonyl (C=O) groups excluding carboxylic acids is 2. The quantitative estimate of drug-likeness (QED) is 0.169. The molecule has 0 amide bonds. The molecule has 0 aromatic rings. The summed E-state index contributed by atoms with van der Waals surface area (Å²) in [6.45, 7) is 4.72. The average molecular weight is 185 g/mol. The largest absolute Gasteiger partial charge is 0.461 e. The van der Waals surface area contributed by atoms with E-state index in [2.05, 4.69) is 16.5 Å². The van der Waals surface area contributed by atoms with E-state index >= 15 is 0 Å². The highest BCUT2D eigenvalue weighted by Crippen LogP contribution is 1.91. The molecule has 0 heterocycles. The van der Waals surface area contributed by atoms with Crippen LogP contribution in [0, 0.1) is 0 Å². The van der Waals surface area contributed by atoms with Gasteiger partial charge in [-0.15, -0.1) is 0 Å². The van der Waals surface area contributed by atoms with E-state index in [4.69, 9.17) is 5.21 Å². The lowest BCUT2D eigenvalue weighted by molar-refractivity contribution is -0.143. The molecule has 0 aromatic carbocycles. The predicted octanol–water partition coefficient (Wildman–Crippen LogP) is 0.525. The molecule has 0 aliphatic carbocycles. The van der Waals surface area contributed by atoms with Gasteiger partial charge in [0.2, 0.25) is 0 Å². The highest BCUT2D eigenvalue weighted by Gasteiger charge is 2.13. The lowest BCUT2D eigenvalue weighted by Crippen LogP contribution is -2.17. The fourth-order valence-corrected chi connectivity index (χ4v) is 0.518. The number of ether oxygens (including phenoxy) is 1. The number of rotatable bonds is 5. The monoisotopic (exact) mass is 185 g/mol. The zero-order valence-corrected chi connectivity index (χ0v) is 7.32. The molecule has 5 nitrogen and oxygen atoms in total. The van der Waals surface area contributed by atoms with Gasteiger partial charge in [-0.25, -0.2) is 0 Å². The molecule has 0 rings (SSSR count). The van der Waals surface area contributed by atoms with Crippen LogP contribution in [0.2, 0.25) is 0 Å². The molecule has 0 saturated carbocycles. The molecule has 1 N–H and O–H groups in total. The van der Waals surface area contributed by atoms with Gasteiger partial charge in [-0.2, -0.15) is 0 Å². The Balaban J connectivity index is 3.92. The molecule has 72 valence electrons. The van der Waals surface area contributed by atoms with Crippen molar-refractivity contribution in [2.75, 3.05) is 6.61 Å². The molecule has 5 heteroatoms. The van der Waals surface area contributed by atoms with E-state index in [0.717, 1.165) is 0 Å². The van der Waals surface area contributed by atoms with Crippen molar-refractivity contribution >= 4 is 17.5 Å². The second-order valence-corrected chi connectivity index (χ2v) is 2.26. The highest BCUT2D eigenvalue weighted by molar-refractivity contribution is 6.41. The van der Waals surface area contributed by atoms with Crippen molar-refractivity contribution in [1.29, 1.82) is 0 Å². The minimum absolute atomic E-state index is 0.0709. The minimum atomic E-state index is -0.659. The molecule has 0 unspecified atom stereocenters. The number of nitrogens with zero attached hydrogens (tertiary/aromatic N) is 1.